The fourth-order valence-electron chi connectivity index (χ4n) is 1.90. The Labute approximate surface area is 102 Å². The third-order valence-corrected chi connectivity index (χ3v) is 2.94. The zero-order valence-electron chi connectivity index (χ0n) is 9.41. The maximum Gasteiger partial charge on any atom is 0.416 e. The van der Waals surface area contributed by atoms with Crippen LogP contribution in [0.15, 0.2) is 24.3 Å². The molecule has 0 spiro atoms. The highest BCUT2D eigenvalue weighted by molar-refractivity contribution is 5.98. The van der Waals surface area contributed by atoms with E-state index in [4.69, 9.17) is 10.5 Å². The maximum absolute atomic E-state index is 12.5. The largest absolute Gasteiger partial charge is 0.416 e. The zero-order chi connectivity index (χ0) is 13.3. The number of rotatable bonds is 2. The van der Waals surface area contributed by atoms with E-state index in [1.165, 1.54) is 12.1 Å². The van der Waals surface area contributed by atoms with Crippen LogP contribution in [-0.4, -0.2) is 25.0 Å². The normalized spacial score (nSPS) is 24.2. The van der Waals surface area contributed by atoms with Crippen molar-refractivity contribution in [2.24, 2.45) is 11.7 Å². The molecule has 1 saturated heterocycles. The van der Waals surface area contributed by atoms with E-state index in [9.17, 15) is 18.0 Å². The average molecular weight is 259 g/mol. The van der Waals surface area contributed by atoms with E-state index >= 15 is 0 Å². The molecule has 0 amide bonds. The summed E-state index contributed by atoms with van der Waals surface area (Å²) in [6.07, 6.45) is -4.45. The Bertz CT molecular complexity index is 459. The number of carbonyl (C=O) groups excluding carboxylic acids is 1. The van der Waals surface area contributed by atoms with Gasteiger partial charge in [-0.25, -0.2) is 0 Å². The first-order valence-electron chi connectivity index (χ1n) is 5.44. The number of ether oxygens (including phenoxy) is 1. The molecule has 0 saturated carbocycles. The van der Waals surface area contributed by atoms with Gasteiger partial charge in [-0.3, -0.25) is 4.79 Å². The van der Waals surface area contributed by atoms with Crippen LogP contribution in [0.3, 0.4) is 0 Å². The van der Waals surface area contributed by atoms with Gasteiger partial charge in [0.15, 0.2) is 5.78 Å². The molecule has 0 bridgehead atoms. The molecule has 1 fully saturated rings. The molecule has 0 aliphatic carbocycles. The predicted octanol–water partition coefficient (Wildman–Crippen LogP) is 1.86. The first-order chi connectivity index (χ1) is 8.39. The smallest absolute Gasteiger partial charge is 0.379 e. The molecule has 2 N–H and O–H groups in total. The third-order valence-electron chi connectivity index (χ3n) is 2.94. The number of carbonyl (C=O) groups is 1. The minimum atomic E-state index is -4.45. The molecule has 2 atom stereocenters. The summed E-state index contributed by atoms with van der Waals surface area (Å²) < 4.78 is 42.6. The van der Waals surface area contributed by atoms with Crippen molar-refractivity contribution in [3.05, 3.63) is 35.4 Å². The van der Waals surface area contributed by atoms with Crippen molar-refractivity contribution in [2.45, 2.75) is 12.2 Å². The summed E-state index contributed by atoms with van der Waals surface area (Å²) in [7, 11) is 0. The van der Waals surface area contributed by atoms with Gasteiger partial charge in [0, 0.05) is 11.6 Å². The lowest BCUT2D eigenvalue weighted by molar-refractivity contribution is -0.137. The molecule has 2 rings (SSSR count). The van der Waals surface area contributed by atoms with E-state index in [1.54, 1.807) is 0 Å². The standard InChI is InChI=1S/C12H12F3NO2/c13-12(14,15)8-3-1-2-7(4-8)11(17)9-5-18-6-10(9)16/h1-4,9-10H,5-6,16H2. The van der Waals surface area contributed by atoms with Crippen molar-refractivity contribution >= 4 is 5.78 Å². The highest BCUT2D eigenvalue weighted by Gasteiger charge is 2.34. The van der Waals surface area contributed by atoms with E-state index in [0.717, 1.165) is 12.1 Å². The molecule has 1 aliphatic heterocycles. The van der Waals surface area contributed by atoms with Crippen LogP contribution in [0.4, 0.5) is 13.2 Å². The van der Waals surface area contributed by atoms with E-state index in [2.05, 4.69) is 0 Å². The van der Waals surface area contributed by atoms with Crippen LogP contribution >= 0.6 is 0 Å². The SMILES string of the molecule is NC1COCC1C(=O)c1cccc(C(F)(F)F)c1. The van der Waals surface area contributed by atoms with Crippen molar-refractivity contribution in [1.29, 1.82) is 0 Å². The Kier molecular flexibility index (Phi) is 3.41. The van der Waals surface area contributed by atoms with Crippen molar-refractivity contribution in [1.82, 2.24) is 0 Å². The van der Waals surface area contributed by atoms with Crippen molar-refractivity contribution in [3.8, 4) is 0 Å². The summed E-state index contributed by atoms with van der Waals surface area (Å²) in [5, 5.41) is 0. The van der Waals surface area contributed by atoms with Gasteiger partial charge in [-0.2, -0.15) is 13.2 Å². The first kappa shape index (κ1) is 13.0. The third kappa shape index (κ3) is 2.54. The number of hydrogen-bond acceptors (Lipinski definition) is 3. The van der Waals surface area contributed by atoms with Crippen LogP contribution in [0.5, 0.6) is 0 Å². The highest BCUT2D eigenvalue weighted by Crippen LogP contribution is 2.30. The van der Waals surface area contributed by atoms with E-state index in [0.29, 0.717) is 0 Å². The molecule has 98 valence electrons. The van der Waals surface area contributed by atoms with Gasteiger partial charge >= 0.3 is 6.18 Å². The Hall–Kier alpha value is -1.40. The van der Waals surface area contributed by atoms with Gasteiger partial charge in [-0.05, 0) is 12.1 Å². The molecule has 0 radical (unpaired) electrons. The second-order valence-corrected chi connectivity index (χ2v) is 4.25. The second kappa shape index (κ2) is 4.70. The van der Waals surface area contributed by atoms with Crippen LogP contribution in [0.25, 0.3) is 0 Å². The molecule has 1 aromatic rings. The molecular weight excluding hydrogens is 247 g/mol. The molecule has 3 nitrogen and oxygen atoms in total. The number of Topliss-reactive ketones (excluding diaryl/α,β-unsaturated/α-hetero) is 1. The van der Waals surface area contributed by atoms with Crippen LogP contribution in [0.2, 0.25) is 0 Å². The van der Waals surface area contributed by atoms with E-state index in [1.807, 2.05) is 0 Å². The Balaban J connectivity index is 2.26. The minimum Gasteiger partial charge on any atom is -0.379 e. The van der Waals surface area contributed by atoms with Gasteiger partial charge in [0.25, 0.3) is 0 Å². The lowest BCUT2D eigenvalue weighted by atomic mass is 9.93. The van der Waals surface area contributed by atoms with Gasteiger partial charge in [-0.1, -0.05) is 12.1 Å². The van der Waals surface area contributed by atoms with Gasteiger partial charge in [0.2, 0.25) is 0 Å². The lowest BCUT2D eigenvalue weighted by Crippen LogP contribution is -2.34. The maximum atomic E-state index is 12.5. The fraction of sp³-hybridized carbons (Fsp3) is 0.417. The molecule has 18 heavy (non-hydrogen) atoms. The summed E-state index contributed by atoms with van der Waals surface area (Å²) in [6, 6.07) is 3.92. The monoisotopic (exact) mass is 259 g/mol. The summed E-state index contributed by atoms with van der Waals surface area (Å²) in [5.41, 5.74) is 4.86. The second-order valence-electron chi connectivity index (χ2n) is 4.25. The van der Waals surface area contributed by atoms with Gasteiger partial charge < -0.3 is 10.5 Å². The first-order valence-corrected chi connectivity index (χ1v) is 5.44. The number of alkyl halides is 3. The quantitative estimate of drug-likeness (QED) is 0.825. The van der Waals surface area contributed by atoms with Crippen LogP contribution in [0.1, 0.15) is 15.9 Å². The van der Waals surface area contributed by atoms with E-state index < -0.39 is 29.5 Å². The summed E-state index contributed by atoms with van der Waals surface area (Å²) >= 11 is 0. The van der Waals surface area contributed by atoms with Crippen LogP contribution in [0, 0.1) is 5.92 Å². The minimum absolute atomic E-state index is 0.0239. The molecule has 1 aromatic carbocycles. The van der Waals surface area contributed by atoms with Crippen molar-refractivity contribution in [2.75, 3.05) is 13.2 Å². The Morgan fingerprint density at radius 2 is 2.06 bits per heavy atom. The number of ketones is 1. The van der Waals surface area contributed by atoms with Gasteiger partial charge in [-0.15, -0.1) is 0 Å². The summed E-state index contributed by atoms with van der Waals surface area (Å²) in [4.78, 5) is 12.0. The molecule has 1 heterocycles. The lowest BCUT2D eigenvalue weighted by Gasteiger charge is -2.13. The van der Waals surface area contributed by atoms with Crippen molar-refractivity contribution < 1.29 is 22.7 Å². The molecule has 1 aliphatic rings. The molecule has 2 unspecified atom stereocenters. The number of benzene rings is 1. The number of hydrogen-bond donors (Lipinski definition) is 1. The zero-order valence-corrected chi connectivity index (χ0v) is 9.41. The fourth-order valence-corrected chi connectivity index (χ4v) is 1.90. The van der Waals surface area contributed by atoms with Crippen molar-refractivity contribution in [3.63, 3.8) is 0 Å². The Morgan fingerprint density at radius 1 is 1.33 bits per heavy atom. The van der Waals surface area contributed by atoms with Gasteiger partial charge in [0.05, 0.1) is 24.7 Å². The summed E-state index contributed by atoms with van der Waals surface area (Å²) in [5.74, 6) is -0.959. The molecular formula is C12H12F3NO2. The molecule has 0 aromatic heterocycles. The van der Waals surface area contributed by atoms with E-state index in [-0.39, 0.29) is 18.8 Å². The topological polar surface area (TPSA) is 52.3 Å². The average Bonchev–Trinajstić information content (AvgIpc) is 2.73. The number of nitrogens with two attached hydrogens (primary N) is 1. The van der Waals surface area contributed by atoms with Crippen LogP contribution < -0.4 is 5.73 Å². The predicted molar refractivity (Wildman–Crippen MR) is 58.1 cm³/mol. The van der Waals surface area contributed by atoms with Gasteiger partial charge in [0.1, 0.15) is 0 Å². The number of halogens is 3. The Morgan fingerprint density at radius 3 is 2.61 bits per heavy atom. The highest BCUT2D eigenvalue weighted by atomic mass is 19.4. The van der Waals surface area contributed by atoms with Crippen LogP contribution in [-0.2, 0) is 10.9 Å². The molecule has 6 heteroatoms. The summed E-state index contributed by atoms with van der Waals surface area (Å²) in [6.45, 7) is 0.422.